The molecule has 0 aliphatic rings. The molecule has 0 aliphatic carbocycles. The second-order valence-electron chi connectivity index (χ2n) is 6.73. The van der Waals surface area contributed by atoms with Gasteiger partial charge in [0.15, 0.2) is 17.3 Å². The molecule has 0 fully saturated rings. The van der Waals surface area contributed by atoms with Crippen molar-refractivity contribution in [3.8, 4) is 11.5 Å². The summed E-state index contributed by atoms with van der Waals surface area (Å²) >= 11 is 5.21. The van der Waals surface area contributed by atoms with Gasteiger partial charge in [-0.3, -0.25) is 5.10 Å². The molecule has 28 heavy (non-hydrogen) atoms. The zero-order valence-electron chi connectivity index (χ0n) is 17.2. The Labute approximate surface area is 173 Å². The van der Waals surface area contributed by atoms with E-state index < -0.39 is 0 Å². The maximum Gasteiger partial charge on any atom is 0.216 e. The average molecular weight is 405 g/mol. The Hall–Kier alpha value is -2.15. The minimum atomic E-state index is 0.481. The van der Waals surface area contributed by atoms with Gasteiger partial charge in [-0.2, -0.15) is 14.9 Å². The number of nitrogens with one attached hydrogen (secondary N) is 1. The molecule has 1 aromatic heterocycles. The van der Waals surface area contributed by atoms with E-state index in [-0.39, 0.29) is 0 Å². The molecule has 1 aromatic carbocycles. The molecule has 0 unspecified atom stereocenters. The van der Waals surface area contributed by atoms with Gasteiger partial charge in [-0.25, -0.2) is 0 Å². The Morgan fingerprint density at radius 3 is 2.57 bits per heavy atom. The van der Waals surface area contributed by atoms with Crippen molar-refractivity contribution in [3.05, 3.63) is 34.4 Å². The molecular formula is C21H32N4O2S. The van der Waals surface area contributed by atoms with E-state index >= 15 is 0 Å². The second-order valence-corrected chi connectivity index (χ2v) is 7.12. The van der Waals surface area contributed by atoms with Crippen LogP contribution in [0.2, 0.25) is 0 Å². The molecule has 1 N–H and O–H groups in total. The lowest BCUT2D eigenvalue weighted by atomic mass is 10.1. The van der Waals surface area contributed by atoms with Crippen molar-refractivity contribution in [2.75, 3.05) is 13.7 Å². The monoisotopic (exact) mass is 404 g/mol. The van der Waals surface area contributed by atoms with Crippen LogP contribution >= 0.6 is 12.2 Å². The third-order valence-corrected chi connectivity index (χ3v) is 4.81. The first-order valence-corrected chi connectivity index (χ1v) is 10.6. The van der Waals surface area contributed by atoms with Crippen LogP contribution in [0.25, 0.3) is 0 Å². The van der Waals surface area contributed by atoms with E-state index in [1.165, 1.54) is 38.5 Å². The molecule has 0 saturated carbocycles. The number of rotatable bonds is 13. The second kappa shape index (κ2) is 12.3. The summed E-state index contributed by atoms with van der Waals surface area (Å²) in [7, 11) is 1.65. The molecule has 2 aromatic rings. The SMILES string of the molecule is CCCCCCCCCOc1ccc(/C=N\n2c(CC)n[nH]c2=S)cc1OC. The fraction of sp³-hybridized carbons (Fsp3) is 0.571. The Morgan fingerprint density at radius 2 is 1.86 bits per heavy atom. The zero-order valence-corrected chi connectivity index (χ0v) is 18.1. The van der Waals surface area contributed by atoms with Gasteiger partial charge in [0, 0.05) is 6.42 Å². The zero-order chi connectivity index (χ0) is 20.2. The fourth-order valence-corrected chi connectivity index (χ4v) is 3.12. The number of aryl methyl sites for hydroxylation is 1. The summed E-state index contributed by atoms with van der Waals surface area (Å²) < 4.78 is 13.5. The molecule has 7 heteroatoms. The van der Waals surface area contributed by atoms with E-state index in [4.69, 9.17) is 21.7 Å². The first-order chi connectivity index (χ1) is 13.7. The molecular weight excluding hydrogens is 372 g/mol. The van der Waals surface area contributed by atoms with Crippen LogP contribution in [-0.2, 0) is 6.42 Å². The van der Waals surface area contributed by atoms with E-state index in [1.54, 1.807) is 18.0 Å². The lowest BCUT2D eigenvalue weighted by Crippen LogP contribution is -2.01. The Kier molecular flexibility index (Phi) is 9.76. The minimum absolute atomic E-state index is 0.481. The lowest BCUT2D eigenvalue weighted by molar-refractivity contribution is 0.284. The molecule has 0 atom stereocenters. The number of nitrogens with zero attached hydrogens (tertiary/aromatic N) is 3. The topological polar surface area (TPSA) is 64.4 Å². The largest absolute Gasteiger partial charge is 0.493 e. The number of ether oxygens (including phenoxy) is 2. The van der Waals surface area contributed by atoms with Crippen LogP contribution in [0.5, 0.6) is 11.5 Å². The summed E-state index contributed by atoms with van der Waals surface area (Å²) in [6, 6.07) is 5.80. The van der Waals surface area contributed by atoms with E-state index in [0.29, 0.717) is 17.1 Å². The number of H-pyrrole nitrogens is 1. The van der Waals surface area contributed by atoms with E-state index in [9.17, 15) is 0 Å². The number of aromatic amines is 1. The highest BCUT2D eigenvalue weighted by Gasteiger charge is 2.06. The molecule has 6 nitrogen and oxygen atoms in total. The van der Waals surface area contributed by atoms with Crippen LogP contribution in [0.3, 0.4) is 0 Å². The maximum absolute atomic E-state index is 5.91. The molecule has 0 bridgehead atoms. The summed E-state index contributed by atoms with van der Waals surface area (Å²) in [6.07, 6.45) is 11.4. The van der Waals surface area contributed by atoms with Crippen molar-refractivity contribution in [1.29, 1.82) is 0 Å². The number of benzene rings is 1. The van der Waals surface area contributed by atoms with Gasteiger partial charge in [0.2, 0.25) is 4.77 Å². The molecule has 0 spiro atoms. The number of aromatic nitrogens is 3. The van der Waals surface area contributed by atoms with Crippen LogP contribution in [0.15, 0.2) is 23.3 Å². The van der Waals surface area contributed by atoms with Crippen LogP contribution in [0, 0.1) is 4.77 Å². The van der Waals surface area contributed by atoms with E-state index in [1.807, 2.05) is 25.1 Å². The van der Waals surface area contributed by atoms with Crippen LogP contribution < -0.4 is 9.47 Å². The lowest BCUT2D eigenvalue weighted by Gasteiger charge is -2.11. The third-order valence-electron chi connectivity index (χ3n) is 4.55. The number of hydrogen-bond donors (Lipinski definition) is 1. The van der Waals surface area contributed by atoms with Crippen molar-refractivity contribution in [3.63, 3.8) is 0 Å². The van der Waals surface area contributed by atoms with Crippen molar-refractivity contribution >= 4 is 18.4 Å². The molecule has 1 heterocycles. The highest BCUT2D eigenvalue weighted by Crippen LogP contribution is 2.28. The Bertz CT molecular complexity index is 798. The number of hydrogen-bond acceptors (Lipinski definition) is 5. The van der Waals surface area contributed by atoms with E-state index in [2.05, 4.69) is 22.2 Å². The summed E-state index contributed by atoms with van der Waals surface area (Å²) in [6.45, 7) is 4.96. The smallest absolute Gasteiger partial charge is 0.216 e. The van der Waals surface area contributed by atoms with Crippen LogP contribution in [0.1, 0.15) is 70.2 Å². The molecule has 0 radical (unpaired) electrons. The van der Waals surface area contributed by atoms with Crippen molar-refractivity contribution in [2.45, 2.75) is 65.2 Å². The van der Waals surface area contributed by atoms with Crippen molar-refractivity contribution < 1.29 is 9.47 Å². The fourth-order valence-electron chi connectivity index (χ4n) is 2.92. The standard InChI is InChI=1S/C21H32N4O2S/c1-4-6-7-8-9-10-11-14-27-18-13-12-17(15-19(18)26-3)16-22-25-20(5-2)23-24-21(25)28/h12-13,15-16H,4-11,14H2,1-3H3,(H,24,28)/b22-16-. The van der Waals surface area contributed by atoms with Crippen LogP contribution in [0.4, 0.5) is 0 Å². The Morgan fingerprint density at radius 1 is 1.11 bits per heavy atom. The molecule has 0 amide bonds. The highest BCUT2D eigenvalue weighted by atomic mass is 32.1. The minimum Gasteiger partial charge on any atom is -0.493 e. The normalized spacial score (nSPS) is 11.2. The third kappa shape index (κ3) is 6.78. The summed E-state index contributed by atoms with van der Waals surface area (Å²) in [5.74, 6) is 2.26. The van der Waals surface area contributed by atoms with Gasteiger partial charge in [0.05, 0.1) is 19.9 Å². The van der Waals surface area contributed by atoms with Gasteiger partial charge < -0.3 is 9.47 Å². The number of unbranched alkanes of at least 4 members (excludes halogenated alkanes) is 6. The van der Waals surface area contributed by atoms with Gasteiger partial charge in [-0.1, -0.05) is 52.4 Å². The molecule has 0 aliphatic heterocycles. The van der Waals surface area contributed by atoms with Gasteiger partial charge >= 0.3 is 0 Å². The summed E-state index contributed by atoms with van der Waals surface area (Å²) in [5, 5.41) is 11.3. The van der Waals surface area contributed by atoms with Gasteiger partial charge in [0.25, 0.3) is 0 Å². The quantitative estimate of drug-likeness (QED) is 0.271. The van der Waals surface area contributed by atoms with Gasteiger partial charge in [-0.15, -0.1) is 0 Å². The van der Waals surface area contributed by atoms with Crippen LogP contribution in [-0.4, -0.2) is 34.8 Å². The highest BCUT2D eigenvalue weighted by molar-refractivity contribution is 7.71. The Balaban J connectivity index is 1.88. The summed E-state index contributed by atoms with van der Waals surface area (Å²) in [4.78, 5) is 0. The predicted octanol–water partition coefficient (Wildman–Crippen LogP) is 5.52. The van der Waals surface area contributed by atoms with Gasteiger partial charge in [0.1, 0.15) is 0 Å². The first kappa shape index (κ1) is 22.1. The van der Waals surface area contributed by atoms with Crippen molar-refractivity contribution in [1.82, 2.24) is 14.9 Å². The summed E-state index contributed by atoms with van der Waals surface area (Å²) in [5.41, 5.74) is 0.908. The molecule has 0 saturated heterocycles. The molecule has 2 rings (SSSR count). The van der Waals surface area contributed by atoms with E-state index in [0.717, 1.165) is 30.0 Å². The first-order valence-electron chi connectivity index (χ1n) is 10.2. The predicted molar refractivity (Wildman–Crippen MR) is 116 cm³/mol. The number of methoxy groups -OCH3 is 1. The maximum atomic E-state index is 5.91. The van der Waals surface area contributed by atoms with Gasteiger partial charge in [-0.05, 0) is 42.4 Å². The van der Waals surface area contributed by atoms with Crippen molar-refractivity contribution in [2.24, 2.45) is 5.10 Å². The molecule has 154 valence electrons. The average Bonchev–Trinajstić information content (AvgIpc) is 3.08.